The quantitative estimate of drug-likeness (QED) is 0.858. The summed E-state index contributed by atoms with van der Waals surface area (Å²) in [5, 5.41) is 19.7. The minimum Gasteiger partial charge on any atom is -0.507 e. The van der Waals surface area contributed by atoms with Crippen LogP contribution in [0, 0.1) is 0 Å². The predicted octanol–water partition coefficient (Wildman–Crippen LogP) is 2.92. The van der Waals surface area contributed by atoms with Gasteiger partial charge in [-0.25, -0.2) is 0 Å². The summed E-state index contributed by atoms with van der Waals surface area (Å²) in [5.41, 5.74) is 1.68. The number of hydrogen-bond donors (Lipinski definition) is 2. The molecule has 4 nitrogen and oxygen atoms in total. The molecule has 0 amide bonds. The van der Waals surface area contributed by atoms with Crippen LogP contribution in [-0.4, -0.2) is 31.0 Å². The summed E-state index contributed by atoms with van der Waals surface area (Å²) in [6.45, 7) is 0.0220. The molecule has 2 aromatic rings. The lowest BCUT2D eigenvalue weighted by molar-refractivity contribution is 0.279. The Morgan fingerprint density at radius 3 is 2.33 bits per heavy atom. The molecule has 0 aliphatic carbocycles. The fourth-order valence-corrected chi connectivity index (χ4v) is 2.52. The van der Waals surface area contributed by atoms with Crippen molar-refractivity contribution in [2.75, 3.05) is 20.8 Å². The number of aliphatic hydroxyl groups excluding tert-OH is 1. The maximum Gasteiger partial charge on any atom is 0.130 e. The molecule has 0 spiro atoms. The van der Waals surface area contributed by atoms with E-state index >= 15 is 0 Å². The van der Waals surface area contributed by atoms with Crippen molar-refractivity contribution in [1.82, 2.24) is 0 Å². The van der Waals surface area contributed by atoms with Gasteiger partial charge in [0.2, 0.25) is 0 Å². The summed E-state index contributed by atoms with van der Waals surface area (Å²) >= 11 is 0. The van der Waals surface area contributed by atoms with E-state index in [1.165, 1.54) is 7.11 Å². The van der Waals surface area contributed by atoms with Crippen molar-refractivity contribution in [2.45, 2.75) is 12.3 Å². The first-order valence-electron chi connectivity index (χ1n) is 6.82. The minimum absolute atomic E-state index is 0.0220. The highest BCUT2D eigenvalue weighted by Crippen LogP contribution is 2.42. The van der Waals surface area contributed by atoms with E-state index in [1.54, 1.807) is 19.2 Å². The van der Waals surface area contributed by atoms with Crippen LogP contribution in [0.4, 0.5) is 0 Å². The van der Waals surface area contributed by atoms with Gasteiger partial charge < -0.3 is 19.7 Å². The van der Waals surface area contributed by atoms with Gasteiger partial charge in [0.15, 0.2) is 0 Å². The van der Waals surface area contributed by atoms with Gasteiger partial charge >= 0.3 is 0 Å². The zero-order chi connectivity index (χ0) is 15.2. The van der Waals surface area contributed by atoms with Crippen molar-refractivity contribution in [3.8, 4) is 17.2 Å². The molecule has 2 N–H and O–H groups in total. The number of phenolic OH excluding ortho intramolecular Hbond substituents is 1. The van der Waals surface area contributed by atoms with E-state index in [2.05, 4.69) is 0 Å². The van der Waals surface area contributed by atoms with Crippen molar-refractivity contribution < 1.29 is 19.7 Å². The molecular weight excluding hydrogens is 268 g/mol. The summed E-state index contributed by atoms with van der Waals surface area (Å²) in [6, 6.07) is 13.1. The van der Waals surface area contributed by atoms with Gasteiger partial charge in [-0.3, -0.25) is 0 Å². The molecule has 0 fully saturated rings. The van der Waals surface area contributed by atoms with Gasteiger partial charge in [-0.2, -0.15) is 0 Å². The summed E-state index contributed by atoms with van der Waals surface area (Å²) in [4.78, 5) is 0. The third-order valence-corrected chi connectivity index (χ3v) is 3.52. The van der Waals surface area contributed by atoms with Crippen molar-refractivity contribution >= 4 is 0 Å². The molecule has 4 heteroatoms. The number of ether oxygens (including phenoxy) is 2. The smallest absolute Gasteiger partial charge is 0.130 e. The van der Waals surface area contributed by atoms with Crippen LogP contribution in [-0.2, 0) is 0 Å². The Morgan fingerprint density at radius 1 is 1.05 bits per heavy atom. The average Bonchev–Trinajstić information content (AvgIpc) is 2.53. The second-order valence-corrected chi connectivity index (χ2v) is 4.74. The van der Waals surface area contributed by atoms with E-state index in [9.17, 15) is 10.2 Å². The molecule has 2 rings (SSSR count). The molecule has 0 saturated carbocycles. The monoisotopic (exact) mass is 288 g/mol. The van der Waals surface area contributed by atoms with Crippen LogP contribution in [0.1, 0.15) is 23.5 Å². The van der Waals surface area contributed by atoms with E-state index in [0.717, 1.165) is 5.56 Å². The number of methoxy groups -OCH3 is 2. The van der Waals surface area contributed by atoms with Gasteiger partial charge in [-0.05, 0) is 12.0 Å². The van der Waals surface area contributed by atoms with Crippen molar-refractivity contribution in [2.24, 2.45) is 0 Å². The summed E-state index contributed by atoms with van der Waals surface area (Å²) in [7, 11) is 3.09. The van der Waals surface area contributed by atoms with Crippen molar-refractivity contribution in [1.29, 1.82) is 0 Å². The average molecular weight is 288 g/mol. The lowest BCUT2D eigenvalue weighted by atomic mass is 9.87. The van der Waals surface area contributed by atoms with Crippen LogP contribution >= 0.6 is 0 Å². The lowest BCUT2D eigenvalue weighted by Gasteiger charge is -2.21. The van der Waals surface area contributed by atoms with Crippen molar-refractivity contribution in [3.05, 3.63) is 53.6 Å². The normalized spacial score (nSPS) is 12.0. The number of aromatic hydroxyl groups is 1. The molecule has 1 atom stereocenters. The molecule has 0 aromatic heterocycles. The third-order valence-electron chi connectivity index (χ3n) is 3.52. The number of rotatable bonds is 6. The standard InChI is InChI=1S/C17H20O4/c1-20-13-10-15(19)17(16(11-13)21-2)14(8-9-18)12-6-4-3-5-7-12/h3-7,10-11,14,18-19H,8-9H2,1-2H3. The zero-order valence-corrected chi connectivity index (χ0v) is 12.2. The number of benzene rings is 2. The van der Waals surface area contributed by atoms with E-state index in [0.29, 0.717) is 23.5 Å². The summed E-state index contributed by atoms with van der Waals surface area (Å²) in [6.07, 6.45) is 0.500. The molecule has 0 bridgehead atoms. The Balaban J connectivity index is 2.55. The molecule has 2 aromatic carbocycles. The summed E-state index contributed by atoms with van der Waals surface area (Å²) < 4.78 is 10.5. The second kappa shape index (κ2) is 6.99. The van der Waals surface area contributed by atoms with Crippen molar-refractivity contribution in [3.63, 3.8) is 0 Å². The molecule has 0 heterocycles. The van der Waals surface area contributed by atoms with Gasteiger partial charge in [-0.1, -0.05) is 30.3 Å². The molecule has 0 aliphatic heterocycles. The third kappa shape index (κ3) is 3.28. The fourth-order valence-electron chi connectivity index (χ4n) is 2.52. The summed E-state index contributed by atoms with van der Waals surface area (Å²) in [5.74, 6) is 1.05. The highest BCUT2D eigenvalue weighted by atomic mass is 16.5. The highest BCUT2D eigenvalue weighted by Gasteiger charge is 2.22. The van der Waals surface area contributed by atoms with Gasteiger partial charge in [0.25, 0.3) is 0 Å². The fraction of sp³-hybridized carbons (Fsp3) is 0.294. The highest BCUT2D eigenvalue weighted by molar-refractivity contribution is 5.54. The maximum absolute atomic E-state index is 10.4. The molecule has 0 radical (unpaired) electrons. The Hall–Kier alpha value is -2.20. The van der Waals surface area contributed by atoms with Crippen LogP contribution in [0.5, 0.6) is 17.2 Å². The molecule has 21 heavy (non-hydrogen) atoms. The Bertz CT molecular complexity index is 581. The Kier molecular flexibility index (Phi) is 5.06. The van der Waals surface area contributed by atoms with Crippen LogP contribution in [0.25, 0.3) is 0 Å². The maximum atomic E-state index is 10.4. The number of aliphatic hydroxyl groups is 1. The molecule has 112 valence electrons. The first-order chi connectivity index (χ1) is 10.2. The van der Waals surface area contributed by atoms with E-state index < -0.39 is 0 Å². The topological polar surface area (TPSA) is 58.9 Å². The van der Waals surface area contributed by atoms with Crippen LogP contribution in [0.3, 0.4) is 0 Å². The van der Waals surface area contributed by atoms with E-state index in [-0.39, 0.29) is 18.3 Å². The molecule has 0 aliphatic rings. The van der Waals surface area contributed by atoms with Crippen LogP contribution in [0.15, 0.2) is 42.5 Å². The zero-order valence-electron chi connectivity index (χ0n) is 12.2. The first-order valence-corrected chi connectivity index (χ1v) is 6.82. The largest absolute Gasteiger partial charge is 0.507 e. The number of hydrogen-bond acceptors (Lipinski definition) is 4. The molecule has 0 saturated heterocycles. The minimum atomic E-state index is -0.142. The van der Waals surface area contributed by atoms with Gasteiger partial charge in [0.05, 0.1) is 14.2 Å². The van der Waals surface area contributed by atoms with E-state index in [1.807, 2.05) is 30.3 Å². The van der Waals surface area contributed by atoms with Crippen LogP contribution < -0.4 is 9.47 Å². The SMILES string of the molecule is COc1cc(O)c(C(CCO)c2ccccc2)c(OC)c1. The van der Waals surface area contributed by atoms with Gasteiger partial charge in [0, 0.05) is 30.2 Å². The van der Waals surface area contributed by atoms with E-state index in [4.69, 9.17) is 9.47 Å². The Labute approximate surface area is 124 Å². The molecular formula is C17H20O4. The van der Waals surface area contributed by atoms with Crippen LogP contribution in [0.2, 0.25) is 0 Å². The predicted molar refractivity (Wildman–Crippen MR) is 81.2 cm³/mol. The van der Waals surface area contributed by atoms with Gasteiger partial charge in [0.1, 0.15) is 17.2 Å². The first kappa shape index (κ1) is 15.2. The second-order valence-electron chi connectivity index (χ2n) is 4.74. The Morgan fingerprint density at radius 2 is 1.76 bits per heavy atom. The molecule has 1 unspecified atom stereocenters. The lowest BCUT2D eigenvalue weighted by Crippen LogP contribution is -2.06. The van der Waals surface area contributed by atoms with Gasteiger partial charge in [-0.15, -0.1) is 0 Å². The number of phenols is 1.